The zero-order valence-electron chi connectivity index (χ0n) is 9.21. The van der Waals surface area contributed by atoms with Gasteiger partial charge in [-0.3, -0.25) is 0 Å². The molecule has 1 N–H and O–H groups in total. The Balaban J connectivity index is 0. The molecule has 1 rings (SSSR count). The van der Waals surface area contributed by atoms with E-state index in [-0.39, 0.29) is 59.1 Å². The van der Waals surface area contributed by atoms with Gasteiger partial charge in [-0.25, -0.2) is 18.0 Å². The first-order chi connectivity index (χ1) is 7.29. The molecule has 0 aliphatic rings. The zero-order chi connectivity index (χ0) is 12.6. The molecule has 18 heavy (non-hydrogen) atoms. The summed E-state index contributed by atoms with van der Waals surface area (Å²) in [5.74, 6) is -13.6. The van der Waals surface area contributed by atoms with Crippen LogP contribution in [-0.4, -0.2) is 17.0 Å². The molecule has 0 aliphatic heterocycles. The van der Waals surface area contributed by atoms with Crippen LogP contribution in [0.5, 0.6) is 5.75 Å². The van der Waals surface area contributed by atoms with Crippen molar-refractivity contribution >= 4 is 11.9 Å². The molecular weight excluding hydrogens is 279 g/mol. The molecule has 0 saturated carbocycles. The molecule has 0 saturated heterocycles. The number of hydrogen-bond acceptors (Lipinski definition) is 4. The molecule has 0 unspecified atom stereocenters. The van der Waals surface area contributed by atoms with Crippen molar-refractivity contribution in [3.63, 3.8) is 0 Å². The maximum absolute atomic E-state index is 12.9. The predicted octanol–water partition coefficient (Wildman–Crippen LogP) is -6.75. The zero-order valence-corrected chi connectivity index (χ0v) is 13.2. The van der Waals surface area contributed by atoms with Crippen LogP contribution in [0.4, 0.5) is 13.2 Å². The molecule has 0 aliphatic carbocycles. The number of hydrogen-bond donors (Lipinski definition) is 1. The molecule has 0 aromatic heterocycles. The fourth-order valence-corrected chi connectivity index (χ4v) is 1.03. The van der Waals surface area contributed by atoms with Crippen LogP contribution >= 0.6 is 0 Å². The van der Waals surface area contributed by atoms with Gasteiger partial charge in [0.05, 0.1) is 11.5 Å². The summed E-state index contributed by atoms with van der Waals surface area (Å²) in [4.78, 5) is 20.7. The van der Waals surface area contributed by atoms with Crippen LogP contribution in [0.15, 0.2) is 0 Å². The molecule has 0 radical (unpaired) electrons. The second kappa shape index (κ2) is 7.37. The van der Waals surface area contributed by atoms with Crippen LogP contribution in [0.2, 0.25) is 0 Å². The van der Waals surface area contributed by atoms with E-state index in [0.29, 0.717) is 0 Å². The van der Waals surface area contributed by atoms with Crippen LogP contribution in [0.3, 0.4) is 0 Å². The van der Waals surface area contributed by atoms with E-state index in [4.69, 9.17) is 5.11 Å². The van der Waals surface area contributed by atoms with Crippen LogP contribution in [0, 0.1) is 17.5 Å². The number of carboxylic acid groups (broad SMARTS) is 2. The first kappa shape index (κ1) is 20.1. The van der Waals surface area contributed by atoms with Gasteiger partial charge in [0.15, 0.2) is 11.6 Å². The third-order valence-corrected chi connectivity index (χ3v) is 1.70. The minimum absolute atomic E-state index is 0. The SMILES string of the molecule is O=C(O)c1c(F)c([O-])c(F)c(F)c1C(=O)[O-].[Na+].[Na+]. The smallest absolute Gasteiger partial charge is 0.868 e. The second-order valence-electron chi connectivity index (χ2n) is 2.61. The molecule has 0 bridgehead atoms. The molecular formula is C8HF3Na2O5. The molecule has 0 amide bonds. The summed E-state index contributed by atoms with van der Waals surface area (Å²) < 4.78 is 38.5. The Morgan fingerprint density at radius 3 is 1.72 bits per heavy atom. The van der Waals surface area contributed by atoms with Gasteiger partial charge in [-0.05, 0) is 5.75 Å². The first-order valence-electron chi connectivity index (χ1n) is 3.61. The number of aromatic carboxylic acids is 2. The molecule has 5 nitrogen and oxygen atoms in total. The van der Waals surface area contributed by atoms with Gasteiger partial charge in [-0.2, -0.15) is 0 Å². The van der Waals surface area contributed by atoms with Crippen molar-refractivity contribution in [1.29, 1.82) is 0 Å². The predicted molar refractivity (Wildman–Crippen MR) is 37.1 cm³/mol. The maximum Gasteiger partial charge on any atom is 1.00 e. The van der Waals surface area contributed by atoms with E-state index < -0.39 is 46.3 Å². The van der Waals surface area contributed by atoms with E-state index >= 15 is 0 Å². The molecule has 0 fully saturated rings. The van der Waals surface area contributed by atoms with E-state index in [1.807, 2.05) is 0 Å². The van der Waals surface area contributed by atoms with E-state index in [2.05, 4.69) is 0 Å². The summed E-state index contributed by atoms with van der Waals surface area (Å²) in [5, 5.41) is 29.3. The van der Waals surface area contributed by atoms with Gasteiger partial charge in [-0.1, -0.05) is 0 Å². The fraction of sp³-hybridized carbons (Fsp3) is 0. The van der Waals surface area contributed by atoms with Crippen LogP contribution < -0.4 is 69.3 Å². The first-order valence-corrected chi connectivity index (χ1v) is 3.61. The summed E-state index contributed by atoms with van der Waals surface area (Å²) in [5.41, 5.74) is -3.59. The van der Waals surface area contributed by atoms with Gasteiger partial charge in [0.2, 0.25) is 0 Å². The minimum Gasteiger partial charge on any atom is -0.868 e. The molecule has 0 heterocycles. The molecule has 0 spiro atoms. The Morgan fingerprint density at radius 2 is 1.39 bits per heavy atom. The topological polar surface area (TPSA) is 100 Å². The monoisotopic (exact) mass is 280 g/mol. The van der Waals surface area contributed by atoms with Crippen molar-refractivity contribution in [1.82, 2.24) is 0 Å². The summed E-state index contributed by atoms with van der Waals surface area (Å²) in [6, 6.07) is 0. The second-order valence-corrected chi connectivity index (χ2v) is 2.61. The minimum atomic E-state index is -2.44. The van der Waals surface area contributed by atoms with Gasteiger partial charge in [-0.15, -0.1) is 0 Å². The van der Waals surface area contributed by atoms with Gasteiger partial charge in [0.25, 0.3) is 0 Å². The van der Waals surface area contributed by atoms with E-state index in [1.54, 1.807) is 0 Å². The quantitative estimate of drug-likeness (QED) is 0.429. The van der Waals surface area contributed by atoms with Crippen molar-refractivity contribution in [2.24, 2.45) is 0 Å². The third-order valence-electron chi connectivity index (χ3n) is 1.70. The van der Waals surface area contributed by atoms with Crippen molar-refractivity contribution in [3.05, 3.63) is 28.6 Å². The van der Waals surface area contributed by atoms with Crippen LogP contribution in [0.1, 0.15) is 20.7 Å². The molecule has 1 aromatic carbocycles. The molecule has 1 aromatic rings. The van der Waals surface area contributed by atoms with Crippen LogP contribution in [-0.2, 0) is 0 Å². The normalized spacial score (nSPS) is 9.06. The van der Waals surface area contributed by atoms with Crippen molar-refractivity contribution in [3.8, 4) is 5.75 Å². The van der Waals surface area contributed by atoms with Crippen LogP contribution in [0.25, 0.3) is 0 Å². The largest absolute Gasteiger partial charge is 1.00 e. The Bertz CT molecular complexity index is 461. The average Bonchev–Trinajstić information content (AvgIpc) is 2.18. The van der Waals surface area contributed by atoms with Crippen molar-refractivity contribution in [2.45, 2.75) is 0 Å². The van der Waals surface area contributed by atoms with Crippen molar-refractivity contribution < 1.29 is 97.2 Å². The number of rotatable bonds is 2. The molecule has 86 valence electrons. The van der Waals surface area contributed by atoms with E-state index in [1.165, 1.54) is 0 Å². The number of halogens is 3. The Kier molecular flexibility index (Phi) is 8.22. The summed E-state index contributed by atoms with van der Waals surface area (Å²) in [6.07, 6.45) is 0. The van der Waals surface area contributed by atoms with E-state index in [9.17, 15) is 33.0 Å². The number of carbonyl (C=O) groups excluding carboxylic acids is 1. The summed E-state index contributed by atoms with van der Waals surface area (Å²) in [7, 11) is 0. The number of benzene rings is 1. The molecule has 0 atom stereocenters. The third kappa shape index (κ3) is 3.40. The standard InChI is InChI=1S/C8H3F3O5.2Na/c9-3-1(7(13)14)2(8(15)16)4(10)6(12)5(3)11;;/h12H,(H,13,14)(H,15,16);;/q;2*+1/p-2. The molecule has 10 heteroatoms. The van der Waals surface area contributed by atoms with Gasteiger partial charge < -0.3 is 20.1 Å². The Hall–Kier alpha value is -0.250. The Morgan fingerprint density at radius 1 is 0.944 bits per heavy atom. The van der Waals surface area contributed by atoms with Gasteiger partial charge in [0, 0.05) is 0 Å². The fourth-order valence-electron chi connectivity index (χ4n) is 1.03. The average molecular weight is 280 g/mol. The Labute approximate surface area is 142 Å². The number of carboxylic acids is 2. The number of carbonyl (C=O) groups is 2. The van der Waals surface area contributed by atoms with E-state index in [0.717, 1.165) is 0 Å². The van der Waals surface area contributed by atoms with Gasteiger partial charge in [0.1, 0.15) is 11.4 Å². The van der Waals surface area contributed by atoms with Gasteiger partial charge >= 0.3 is 65.1 Å². The summed E-state index contributed by atoms with van der Waals surface area (Å²) >= 11 is 0. The maximum atomic E-state index is 12.9. The summed E-state index contributed by atoms with van der Waals surface area (Å²) in [6.45, 7) is 0. The van der Waals surface area contributed by atoms with Crippen molar-refractivity contribution in [2.75, 3.05) is 0 Å².